The van der Waals surface area contributed by atoms with Crippen molar-refractivity contribution in [2.45, 2.75) is 64.9 Å². The summed E-state index contributed by atoms with van der Waals surface area (Å²) in [4.78, 5) is 97.2. The lowest BCUT2D eigenvalue weighted by molar-refractivity contribution is -0.144. The van der Waals surface area contributed by atoms with E-state index in [2.05, 4.69) is 25.9 Å². The number of carbonyl (C=O) groups excluding carboxylic acids is 6. The van der Waals surface area contributed by atoms with E-state index in [0.29, 0.717) is 6.42 Å². The first-order chi connectivity index (χ1) is 20.7. The number of nitrogens with zero attached hydrogens (tertiary/aromatic N) is 3. The second kappa shape index (κ2) is 14.9. The molecule has 1 saturated carbocycles. The summed E-state index contributed by atoms with van der Waals surface area (Å²) in [5.74, 6) is -7.53. The standard InChI is InChI=1S/C28H39N7O9/c1-13(2)21(33-24(40)17-9-29-7-8-30-17)26(42)34-22(14(3)4)28(44)35-12-16-15(5-6-18(16)36)23(35)27(43)31-10-19(37)25(41)32-11-20(38)39/h7-9,13-16,21-24,33,40H,5-6,10-12H2,1-4H3,(H,31,43)(H,32,41)(H,34,42)(H,38,39)/t15-,16-,21?,22-,23-,24?/m0/s1. The number of rotatable bonds is 14. The Labute approximate surface area is 253 Å². The lowest BCUT2D eigenvalue weighted by Gasteiger charge is -2.33. The van der Waals surface area contributed by atoms with Crippen molar-refractivity contribution in [1.82, 2.24) is 36.1 Å². The maximum absolute atomic E-state index is 14.0. The molecule has 2 aliphatic rings. The molecule has 1 saturated heterocycles. The molecule has 44 heavy (non-hydrogen) atoms. The van der Waals surface area contributed by atoms with Crippen molar-refractivity contribution >= 4 is 41.2 Å². The zero-order chi connectivity index (χ0) is 32.7. The van der Waals surface area contributed by atoms with Crippen molar-refractivity contribution in [3.63, 3.8) is 0 Å². The van der Waals surface area contributed by atoms with Gasteiger partial charge in [-0.1, -0.05) is 27.7 Å². The monoisotopic (exact) mass is 617 g/mol. The number of nitrogens with one attached hydrogen (secondary N) is 4. The molecule has 0 spiro atoms. The van der Waals surface area contributed by atoms with Crippen LogP contribution in [0.5, 0.6) is 0 Å². The number of aliphatic hydroxyl groups excluding tert-OH is 1. The molecule has 16 heteroatoms. The minimum absolute atomic E-state index is 0.0518. The Bertz CT molecular complexity index is 1270. The number of amides is 4. The maximum atomic E-state index is 14.0. The van der Waals surface area contributed by atoms with Gasteiger partial charge in [-0.3, -0.25) is 48.8 Å². The number of likely N-dealkylation sites (tertiary alicyclic amines) is 1. The molecule has 240 valence electrons. The number of aromatic nitrogens is 2. The van der Waals surface area contributed by atoms with Gasteiger partial charge in [-0.2, -0.15) is 0 Å². The van der Waals surface area contributed by atoms with E-state index in [1.165, 1.54) is 23.5 Å². The van der Waals surface area contributed by atoms with Crippen molar-refractivity contribution in [1.29, 1.82) is 0 Å². The summed E-state index contributed by atoms with van der Waals surface area (Å²) < 4.78 is 0. The highest BCUT2D eigenvalue weighted by Crippen LogP contribution is 2.40. The normalized spacial score (nSPS) is 21.4. The average Bonchev–Trinajstić information content (AvgIpc) is 3.54. The molecule has 6 N–H and O–H groups in total. The van der Waals surface area contributed by atoms with Crippen LogP contribution < -0.4 is 21.3 Å². The summed E-state index contributed by atoms with van der Waals surface area (Å²) in [6.45, 7) is 5.36. The predicted octanol–water partition coefficient (Wildman–Crippen LogP) is -2.09. The summed E-state index contributed by atoms with van der Waals surface area (Å²) in [6.07, 6.45) is 3.44. The molecule has 0 bridgehead atoms. The summed E-state index contributed by atoms with van der Waals surface area (Å²) in [6, 6.07) is -3.19. The van der Waals surface area contributed by atoms with Crippen molar-refractivity contribution in [3.05, 3.63) is 24.3 Å². The number of carboxylic acids is 1. The van der Waals surface area contributed by atoms with Crippen LogP contribution in [0.1, 0.15) is 52.5 Å². The van der Waals surface area contributed by atoms with Gasteiger partial charge >= 0.3 is 5.97 Å². The lowest BCUT2D eigenvalue weighted by Crippen LogP contribution is -2.59. The Balaban J connectivity index is 1.76. The van der Waals surface area contributed by atoms with Crippen LogP contribution in [-0.2, 0) is 33.6 Å². The first-order valence-electron chi connectivity index (χ1n) is 14.4. The van der Waals surface area contributed by atoms with Gasteiger partial charge in [-0.05, 0) is 18.3 Å². The molecule has 0 radical (unpaired) electrons. The van der Waals surface area contributed by atoms with Gasteiger partial charge in [0.25, 0.3) is 5.91 Å². The van der Waals surface area contributed by atoms with Gasteiger partial charge in [0.15, 0.2) is 0 Å². The Morgan fingerprint density at radius 1 is 1.00 bits per heavy atom. The molecule has 2 heterocycles. The van der Waals surface area contributed by atoms with Gasteiger partial charge < -0.3 is 31.1 Å². The molecule has 0 aromatic carbocycles. The molecule has 6 atom stereocenters. The topological polar surface area (TPSA) is 237 Å². The van der Waals surface area contributed by atoms with Gasteiger partial charge in [0.05, 0.1) is 18.8 Å². The molecule has 3 rings (SSSR count). The van der Waals surface area contributed by atoms with Gasteiger partial charge in [-0.25, -0.2) is 0 Å². The van der Waals surface area contributed by atoms with Crippen LogP contribution in [0, 0.1) is 23.7 Å². The fraction of sp³-hybridized carbons (Fsp3) is 0.607. The largest absolute Gasteiger partial charge is 0.480 e. The van der Waals surface area contributed by atoms with Crippen molar-refractivity contribution in [3.8, 4) is 0 Å². The Morgan fingerprint density at radius 2 is 1.68 bits per heavy atom. The van der Waals surface area contributed by atoms with E-state index >= 15 is 0 Å². The van der Waals surface area contributed by atoms with Crippen LogP contribution in [0.3, 0.4) is 0 Å². The van der Waals surface area contributed by atoms with Gasteiger partial charge in [-0.15, -0.1) is 0 Å². The third kappa shape index (κ3) is 8.19. The summed E-state index contributed by atoms with van der Waals surface area (Å²) >= 11 is 0. The molecule has 4 amide bonds. The maximum Gasteiger partial charge on any atom is 0.322 e. The van der Waals surface area contributed by atoms with E-state index in [1.54, 1.807) is 27.7 Å². The highest BCUT2D eigenvalue weighted by Gasteiger charge is 2.54. The Morgan fingerprint density at radius 3 is 2.27 bits per heavy atom. The number of carbonyl (C=O) groups is 7. The number of ketones is 2. The van der Waals surface area contributed by atoms with E-state index in [9.17, 15) is 38.7 Å². The highest BCUT2D eigenvalue weighted by atomic mass is 16.4. The summed E-state index contributed by atoms with van der Waals surface area (Å²) in [5.41, 5.74) is 0.197. The van der Waals surface area contributed by atoms with E-state index in [0.717, 1.165) is 0 Å². The number of hydrogen-bond donors (Lipinski definition) is 6. The van der Waals surface area contributed by atoms with E-state index < -0.39 is 90.6 Å². The number of fused-ring (bicyclic) bond motifs is 1. The lowest BCUT2D eigenvalue weighted by atomic mass is 9.93. The van der Waals surface area contributed by atoms with Gasteiger partial charge in [0.1, 0.15) is 36.3 Å². The molecule has 16 nitrogen and oxygen atoms in total. The molecule has 1 aromatic rings. The second-order valence-electron chi connectivity index (χ2n) is 11.6. The van der Waals surface area contributed by atoms with Crippen molar-refractivity contribution < 1.29 is 43.8 Å². The van der Waals surface area contributed by atoms with Crippen LogP contribution in [0.2, 0.25) is 0 Å². The van der Waals surface area contributed by atoms with E-state index in [4.69, 9.17) is 5.11 Å². The molecule has 2 fully saturated rings. The number of carboxylic acid groups (broad SMARTS) is 1. The Kier molecular flexibility index (Phi) is 11.6. The van der Waals surface area contributed by atoms with Crippen LogP contribution in [0.25, 0.3) is 0 Å². The third-order valence-corrected chi connectivity index (χ3v) is 7.80. The molecule has 1 aromatic heterocycles. The minimum atomic E-state index is -1.35. The quantitative estimate of drug-likeness (QED) is 0.0974. The van der Waals surface area contributed by atoms with Crippen molar-refractivity contribution in [2.75, 3.05) is 19.6 Å². The third-order valence-electron chi connectivity index (χ3n) is 7.80. The van der Waals surface area contributed by atoms with Crippen molar-refractivity contribution in [2.24, 2.45) is 23.7 Å². The number of hydrogen-bond acceptors (Lipinski definition) is 11. The SMILES string of the molecule is CC(C)C(NC(O)c1cnccn1)C(=O)N[C@H](C(=O)N1C[C@@H]2C(=O)CC[C@@H]2[C@H]1C(=O)NCC(=O)C(=O)NCC(=O)O)C(C)C. The molecular formula is C28H39N7O9. The predicted molar refractivity (Wildman–Crippen MR) is 151 cm³/mol. The first-order valence-corrected chi connectivity index (χ1v) is 14.4. The van der Waals surface area contributed by atoms with Gasteiger partial charge in [0, 0.05) is 37.2 Å². The molecule has 1 aliphatic heterocycles. The van der Waals surface area contributed by atoms with Crippen LogP contribution in [0.4, 0.5) is 0 Å². The van der Waals surface area contributed by atoms with E-state index in [-0.39, 0.29) is 30.4 Å². The van der Waals surface area contributed by atoms with Gasteiger partial charge in [0.2, 0.25) is 23.5 Å². The smallest absolute Gasteiger partial charge is 0.322 e. The summed E-state index contributed by atoms with van der Waals surface area (Å²) in [5, 5.41) is 29.1. The number of aliphatic carboxylic acids is 1. The molecule has 1 aliphatic carbocycles. The highest BCUT2D eigenvalue weighted by molar-refractivity contribution is 6.37. The number of aliphatic hydroxyl groups is 1. The molecular weight excluding hydrogens is 578 g/mol. The number of Topliss-reactive ketones (excluding diaryl/α,β-unsaturated/α-hetero) is 2. The summed E-state index contributed by atoms with van der Waals surface area (Å²) in [7, 11) is 0. The zero-order valence-electron chi connectivity index (χ0n) is 25.0. The zero-order valence-corrected chi connectivity index (χ0v) is 25.0. The fourth-order valence-electron chi connectivity index (χ4n) is 5.49. The first kappa shape index (κ1) is 34.2. The average molecular weight is 618 g/mol. The van der Waals surface area contributed by atoms with Crippen LogP contribution in [-0.4, -0.2) is 104 Å². The van der Waals surface area contributed by atoms with Crippen LogP contribution in [0.15, 0.2) is 18.6 Å². The second-order valence-corrected chi connectivity index (χ2v) is 11.6. The fourth-order valence-corrected chi connectivity index (χ4v) is 5.49. The van der Waals surface area contributed by atoms with Crippen LogP contribution >= 0.6 is 0 Å². The minimum Gasteiger partial charge on any atom is -0.480 e. The van der Waals surface area contributed by atoms with E-state index in [1.807, 2.05) is 5.32 Å². The Hall–Kier alpha value is -4.31. The molecule has 2 unspecified atom stereocenters.